The second kappa shape index (κ2) is 10.0. The van der Waals surface area contributed by atoms with Gasteiger partial charge in [0.2, 0.25) is 0 Å². The molecule has 1 aliphatic rings. The predicted molar refractivity (Wildman–Crippen MR) is 118 cm³/mol. The molecule has 0 bridgehead atoms. The number of para-hydroxylation sites is 1. The van der Waals surface area contributed by atoms with E-state index in [-0.39, 0.29) is 42.2 Å². The molecule has 3 aromatic rings. The van der Waals surface area contributed by atoms with E-state index in [0.717, 1.165) is 35.3 Å². The van der Waals surface area contributed by atoms with Crippen LogP contribution in [0.15, 0.2) is 67.0 Å². The highest BCUT2D eigenvalue weighted by Gasteiger charge is 2.36. The van der Waals surface area contributed by atoms with Gasteiger partial charge in [-0.25, -0.2) is 4.39 Å². The van der Waals surface area contributed by atoms with E-state index in [9.17, 15) is 4.39 Å². The molecular weight excluding hydrogens is 414 g/mol. The summed E-state index contributed by atoms with van der Waals surface area (Å²) in [7, 11) is 0. The number of halogens is 3. The molecule has 0 aliphatic carbocycles. The lowest BCUT2D eigenvalue weighted by Gasteiger charge is -2.38. The van der Waals surface area contributed by atoms with Gasteiger partial charge in [0.25, 0.3) is 0 Å². The molecule has 0 saturated heterocycles. The maximum absolute atomic E-state index is 13.2. The molecule has 1 unspecified atom stereocenters. The normalized spacial score (nSPS) is 16.6. The molecule has 2 heterocycles. The lowest BCUT2D eigenvalue weighted by Crippen LogP contribution is -2.49. The van der Waals surface area contributed by atoms with Crippen molar-refractivity contribution >= 4 is 24.8 Å². The number of benzene rings is 2. The van der Waals surface area contributed by atoms with Gasteiger partial charge in [-0.3, -0.25) is 4.98 Å². The molecule has 2 aromatic carbocycles. The van der Waals surface area contributed by atoms with E-state index in [1.54, 1.807) is 24.5 Å². The van der Waals surface area contributed by atoms with Crippen LogP contribution in [0, 0.1) is 5.82 Å². The van der Waals surface area contributed by atoms with Gasteiger partial charge < -0.3 is 15.9 Å². The van der Waals surface area contributed by atoms with E-state index in [0.29, 0.717) is 0 Å². The van der Waals surface area contributed by atoms with Crippen LogP contribution in [0.25, 0.3) is 11.1 Å². The standard InChI is InChI=1S/C22H21FN2O.2ClH.H2O/c1-22(24,21-11-8-16-4-2-3-5-20(16)26-21)18-12-17(13-25-14-18)15-6-9-19(23)10-7-15;;;/h2-7,9-10,12-14,21H,8,11,24H2,1H3;2*1H;1H2/t21-,22?;;;/m1.../s1. The minimum absolute atomic E-state index is 0. The van der Waals surface area contributed by atoms with Crippen LogP contribution >= 0.6 is 24.8 Å². The van der Waals surface area contributed by atoms with Crippen LogP contribution in [0.2, 0.25) is 0 Å². The topological polar surface area (TPSA) is 79.6 Å². The van der Waals surface area contributed by atoms with Crippen molar-refractivity contribution in [3.05, 3.63) is 83.9 Å². The molecule has 29 heavy (non-hydrogen) atoms. The molecule has 4 N–H and O–H groups in total. The monoisotopic (exact) mass is 438 g/mol. The van der Waals surface area contributed by atoms with Crippen molar-refractivity contribution in [3.63, 3.8) is 0 Å². The summed E-state index contributed by atoms with van der Waals surface area (Å²) in [6.45, 7) is 1.98. The number of aryl methyl sites for hydroxylation is 1. The van der Waals surface area contributed by atoms with Gasteiger partial charge in [-0.15, -0.1) is 24.8 Å². The van der Waals surface area contributed by atoms with Crippen molar-refractivity contribution in [3.8, 4) is 16.9 Å². The zero-order valence-corrected chi connectivity index (χ0v) is 17.6. The van der Waals surface area contributed by atoms with Gasteiger partial charge in [0.05, 0.1) is 5.54 Å². The Morgan fingerprint density at radius 2 is 1.72 bits per heavy atom. The first-order chi connectivity index (χ1) is 12.5. The van der Waals surface area contributed by atoms with Crippen molar-refractivity contribution in [2.75, 3.05) is 0 Å². The Kier molecular flexibility index (Phi) is 8.60. The third-order valence-electron chi connectivity index (χ3n) is 5.12. The second-order valence-electron chi connectivity index (χ2n) is 7.00. The minimum atomic E-state index is -0.684. The fourth-order valence-corrected chi connectivity index (χ4v) is 3.47. The van der Waals surface area contributed by atoms with E-state index in [2.05, 4.69) is 11.1 Å². The van der Waals surface area contributed by atoms with Crippen LogP contribution in [0.4, 0.5) is 4.39 Å². The number of pyridine rings is 1. The van der Waals surface area contributed by atoms with E-state index in [1.807, 2.05) is 31.2 Å². The van der Waals surface area contributed by atoms with Crippen LogP contribution in [-0.4, -0.2) is 16.6 Å². The van der Waals surface area contributed by atoms with Crippen LogP contribution in [0.3, 0.4) is 0 Å². The molecule has 4 rings (SSSR count). The first-order valence-electron chi connectivity index (χ1n) is 8.79. The smallest absolute Gasteiger partial charge is 0.123 e. The summed E-state index contributed by atoms with van der Waals surface area (Å²) in [5.74, 6) is 0.652. The van der Waals surface area contributed by atoms with Crippen LogP contribution < -0.4 is 10.5 Å². The Morgan fingerprint density at radius 3 is 2.45 bits per heavy atom. The quantitative estimate of drug-likeness (QED) is 0.654. The van der Waals surface area contributed by atoms with Crippen molar-refractivity contribution in [2.45, 2.75) is 31.4 Å². The molecule has 0 spiro atoms. The number of hydrogen-bond acceptors (Lipinski definition) is 3. The summed E-state index contributed by atoms with van der Waals surface area (Å²) in [6.07, 6.45) is 5.22. The maximum atomic E-state index is 13.2. The lowest BCUT2D eigenvalue weighted by molar-refractivity contribution is 0.0958. The number of fused-ring (bicyclic) bond motifs is 1. The largest absolute Gasteiger partial charge is 0.488 e. The minimum Gasteiger partial charge on any atom is -0.488 e. The Bertz CT molecular complexity index is 936. The van der Waals surface area contributed by atoms with E-state index >= 15 is 0 Å². The SMILES string of the molecule is CC(N)(c1cncc(-c2ccc(F)cc2)c1)[C@H]1CCc2ccccc2O1.Cl.Cl.O. The summed E-state index contributed by atoms with van der Waals surface area (Å²) in [5.41, 5.74) is 9.98. The molecule has 0 fully saturated rings. The van der Waals surface area contributed by atoms with Crippen LogP contribution in [0.5, 0.6) is 5.75 Å². The first-order valence-corrected chi connectivity index (χ1v) is 8.79. The van der Waals surface area contributed by atoms with Crippen molar-refractivity contribution in [1.29, 1.82) is 0 Å². The molecule has 1 aromatic heterocycles. The maximum Gasteiger partial charge on any atom is 0.123 e. The highest BCUT2D eigenvalue weighted by molar-refractivity contribution is 5.85. The van der Waals surface area contributed by atoms with Gasteiger partial charge in [-0.2, -0.15) is 0 Å². The molecule has 0 radical (unpaired) electrons. The second-order valence-corrected chi connectivity index (χ2v) is 7.00. The third-order valence-corrected chi connectivity index (χ3v) is 5.12. The van der Waals surface area contributed by atoms with Gasteiger partial charge >= 0.3 is 0 Å². The summed E-state index contributed by atoms with van der Waals surface area (Å²) >= 11 is 0. The van der Waals surface area contributed by atoms with E-state index < -0.39 is 5.54 Å². The zero-order valence-electron chi connectivity index (χ0n) is 16.0. The first kappa shape index (κ1) is 24.9. The molecule has 156 valence electrons. The van der Waals surface area contributed by atoms with Gasteiger partial charge in [-0.1, -0.05) is 30.3 Å². The molecule has 4 nitrogen and oxygen atoms in total. The van der Waals surface area contributed by atoms with Gasteiger partial charge in [-0.05, 0) is 60.7 Å². The number of nitrogens with two attached hydrogens (primary N) is 1. The molecule has 0 amide bonds. The van der Waals surface area contributed by atoms with Crippen LogP contribution in [-0.2, 0) is 12.0 Å². The Balaban J connectivity index is 0.00000140. The summed E-state index contributed by atoms with van der Waals surface area (Å²) in [4.78, 5) is 4.36. The Labute approximate surface area is 182 Å². The van der Waals surface area contributed by atoms with Crippen molar-refractivity contribution < 1.29 is 14.6 Å². The lowest BCUT2D eigenvalue weighted by atomic mass is 9.83. The predicted octanol–water partition coefficient (Wildman–Crippen LogP) is 4.47. The Morgan fingerprint density at radius 1 is 1.03 bits per heavy atom. The average molecular weight is 439 g/mol. The molecule has 7 heteroatoms. The highest BCUT2D eigenvalue weighted by atomic mass is 35.5. The van der Waals surface area contributed by atoms with E-state index in [1.165, 1.54) is 17.7 Å². The number of hydrogen-bond donors (Lipinski definition) is 1. The van der Waals surface area contributed by atoms with Gasteiger partial charge in [0.15, 0.2) is 0 Å². The molecule has 0 saturated carbocycles. The fourth-order valence-electron chi connectivity index (χ4n) is 3.47. The Hall–Kier alpha value is -2.18. The number of rotatable bonds is 3. The summed E-state index contributed by atoms with van der Waals surface area (Å²) in [6, 6.07) is 16.5. The summed E-state index contributed by atoms with van der Waals surface area (Å²) < 4.78 is 19.4. The number of nitrogens with zero attached hydrogens (tertiary/aromatic N) is 1. The van der Waals surface area contributed by atoms with Crippen molar-refractivity contribution in [1.82, 2.24) is 4.98 Å². The zero-order chi connectivity index (χ0) is 18.1. The fraction of sp³-hybridized carbons (Fsp3) is 0.227. The molecule has 1 aliphatic heterocycles. The third kappa shape index (κ3) is 5.06. The summed E-state index contributed by atoms with van der Waals surface area (Å²) in [5, 5.41) is 0. The highest BCUT2D eigenvalue weighted by Crippen LogP contribution is 2.35. The number of aromatic nitrogens is 1. The van der Waals surface area contributed by atoms with Crippen LogP contribution in [0.1, 0.15) is 24.5 Å². The van der Waals surface area contributed by atoms with Gasteiger partial charge in [0, 0.05) is 18.0 Å². The number of ether oxygens (including phenoxy) is 1. The molecule has 2 atom stereocenters. The molecular formula is C22H25Cl2FN2O2. The van der Waals surface area contributed by atoms with Gasteiger partial charge in [0.1, 0.15) is 17.7 Å². The van der Waals surface area contributed by atoms with Crippen molar-refractivity contribution in [2.24, 2.45) is 5.73 Å². The van der Waals surface area contributed by atoms with E-state index in [4.69, 9.17) is 10.5 Å². The average Bonchev–Trinajstić information content (AvgIpc) is 2.68.